The minimum absolute atomic E-state index is 0. The average molecular weight is 723 g/mol. The Labute approximate surface area is 242 Å². The van der Waals surface area contributed by atoms with E-state index >= 15 is 0 Å². The molecule has 40 heavy (non-hydrogen) atoms. The van der Waals surface area contributed by atoms with Crippen molar-refractivity contribution in [1.82, 2.24) is 15.0 Å². The predicted octanol–water partition coefficient (Wildman–Crippen LogP) is 5.71. The van der Waals surface area contributed by atoms with E-state index in [0.29, 0.717) is 22.5 Å². The Balaban J connectivity index is 0.000000215. The second-order valence-electron chi connectivity index (χ2n) is 8.02. The summed E-state index contributed by atoms with van der Waals surface area (Å²) in [5.74, 6) is -4.80. The molecule has 0 spiro atoms. The smallest absolute Gasteiger partial charge is 0.543 e. The fourth-order valence-corrected chi connectivity index (χ4v) is 3.04. The number of carbonyl (C=O) groups is 1. The van der Waals surface area contributed by atoms with E-state index in [1.807, 2.05) is 26.0 Å². The number of carboxylic acids is 1. The average Bonchev–Trinajstić information content (AvgIpc) is 2.93. The van der Waals surface area contributed by atoms with E-state index in [-0.39, 0.29) is 25.8 Å². The quantitative estimate of drug-likeness (QED) is 0.176. The zero-order chi connectivity index (χ0) is 28.4. The summed E-state index contributed by atoms with van der Waals surface area (Å²) in [6.07, 6.45) is 4.66. The summed E-state index contributed by atoms with van der Waals surface area (Å²) in [5, 5.41) is 10.0. The minimum Gasteiger partial charge on any atom is -0.543 e. The number of hydrogen-bond donors (Lipinski definition) is 0. The van der Waals surface area contributed by atoms with Crippen molar-refractivity contribution >= 4 is 5.97 Å². The van der Waals surface area contributed by atoms with Gasteiger partial charge in [-0.15, -0.1) is 47.5 Å². The first-order chi connectivity index (χ1) is 18.6. The summed E-state index contributed by atoms with van der Waals surface area (Å²) < 4.78 is 51.2. The molecule has 0 fully saturated rings. The van der Waals surface area contributed by atoms with Gasteiger partial charge in [0, 0.05) is 18.6 Å². The Morgan fingerprint density at radius 1 is 0.675 bits per heavy atom. The molecule has 0 aliphatic heterocycles. The molecule has 2 aromatic carbocycles. The first kappa shape index (κ1) is 31.9. The van der Waals surface area contributed by atoms with Gasteiger partial charge in [0.2, 0.25) is 0 Å². The maximum absolute atomic E-state index is 12.9. The van der Waals surface area contributed by atoms with Gasteiger partial charge in [0.25, 0.3) is 0 Å². The summed E-state index contributed by atoms with van der Waals surface area (Å²) in [7, 11) is 0. The van der Waals surface area contributed by atoms with Crippen molar-refractivity contribution in [3.05, 3.63) is 138 Å². The molecule has 5 nitrogen and oxygen atoms in total. The Morgan fingerprint density at radius 2 is 1.15 bits per heavy atom. The second-order valence-corrected chi connectivity index (χ2v) is 8.02. The van der Waals surface area contributed by atoms with Crippen molar-refractivity contribution in [3.8, 4) is 22.5 Å². The Hall–Kier alpha value is -4.27. The predicted molar refractivity (Wildman–Crippen MR) is 135 cm³/mol. The van der Waals surface area contributed by atoms with Crippen molar-refractivity contribution in [3.63, 3.8) is 0 Å². The van der Waals surface area contributed by atoms with E-state index in [9.17, 15) is 27.5 Å². The van der Waals surface area contributed by atoms with E-state index in [2.05, 4.69) is 27.1 Å². The van der Waals surface area contributed by atoms with Crippen molar-refractivity contribution < 1.29 is 47.6 Å². The Kier molecular flexibility index (Phi) is 12.3. The molecule has 0 bridgehead atoms. The van der Waals surface area contributed by atoms with E-state index in [1.165, 1.54) is 12.3 Å². The molecular formula is C30H20F4IrN3O2. The van der Waals surface area contributed by atoms with Crippen LogP contribution in [0.25, 0.3) is 22.5 Å². The van der Waals surface area contributed by atoms with Gasteiger partial charge in [-0.2, -0.15) is 0 Å². The number of aromatic carboxylic acids is 1. The van der Waals surface area contributed by atoms with Crippen LogP contribution in [0.4, 0.5) is 17.6 Å². The van der Waals surface area contributed by atoms with Gasteiger partial charge >= 0.3 is 20.1 Å². The zero-order valence-corrected chi connectivity index (χ0v) is 23.5. The first-order valence-corrected chi connectivity index (χ1v) is 11.4. The van der Waals surface area contributed by atoms with Crippen LogP contribution >= 0.6 is 0 Å². The molecule has 5 aromatic rings. The molecule has 204 valence electrons. The number of carboxylic acid groups (broad SMARTS) is 1. The number of carbonyl (C=O) groups excluding carboxylic acids is 1. The third kappa shape index (κ3) is 9.48. The molecule has 0 N–H and O–H groups in total. The zero-order valence-electron chi connectivity index (χ0n) is 21.1. The van der Waals surface area contributed by atoms with Crippen molar-refractivity contribution in [2.24, 2.45) is 0 Å². The van der Waals surface area contributed by atoms with Gasteiger partial charge in [0.05, 0.1) is 34.9 Å². The van der Waals surface area contributed by atoms with Gasteiger partial charge in [-0.25, -0.2) is 8.78 Å². The Bertz CT molecular complexity index is 1480. The maximum atomic E-state index is 12.9. The SMILES string of the molecule is Cc1ccnc(-c2[c-]cc(F)c(F)c2)c1.Cc1ccnc(-c2[c-]cc(F)c(F)c2)c1.O=C([O-])c1ccccn1.[Ir+3]. The molecule has 0 saturated heterocycles. The van der Waals surface area contributed by atoms with Crippen LogP contribution in [-0.4, -0.2) is 20.9 Å². The fraction of sp³-hybridized carbons (Fsp3) is 0.0667. The van der Waals surface area contributed by atoms with Crippen LogP contribution in [0.3, 0.4) is 0 Å². The summed E-state index contributed by atoms with van der Waals surface area (Å²) >= 11 is 0. The molecule has 0 atom stereocenters. The van der Waals surface area contributed by atoms with Gasteiger partial charge < -0.3 is 19.9 Å². The van der Waals surface area contributed by atoms with Crippen molar-refractivity contribution in [2.75, 3.05) is 0 Å². The molecular weight excluding hydrogens is 703 g/mol. The van der Waals surface area contributed by atoms with Crippen LogP contribution in [0.2, 0.25) is 0 Å². The number of benzene rings is 2. The third-order valence-corrected chi connectivity index (χ3v) is 4.96. The molecule has 3 heterocycles. The van der Waals surface area contributed by atoms with Gasteiger partial charge in [-0.1, -0.05) is 29.3 Å². The number of nitrogens with zero attached hydrogens (tertiary/aromatic N) is 3. The van der Waals surface area contributed by atoms with Crippen LogP contribution in [-0.2, 0) is 20.1 Å². The number of pyridine rings is 3. The van der Waals surface area contributed by atoms with Gasteiger partial charge in [0.15, 0.2) is 0 Å². The van der Waals surface area contributed by atoms with E-state index in [4.69, 9.17) is 0 Å². The molecule has 0 radical (unpaired) electrons. The first-order valence-electron chi connectivity index (χ1n) is 11.4. The molecule has 10 heteroatoms. The third-order valence-electron chi connectivity index (χ3n) is 4.96. The summed E-state index contributed by atoms with van der Waals surface area (Å²) in [6, 6.07) is 21.3. The second kappa shape index (κ2) is 15.4. The van der Waals surface area contributed by atoms with Crippen LogP contribution in [0.5, 0.6) is 0 Å². The Morgan fingerprint density at radius 3 is 1.48 bits per heavy atom. The van der Waals surface area contributed by atoms with Crippen LogP contribution in [0.1, 0.15) is 21.6 Å². The molecule has 0 saturated carbocycles. The summed E-state index contributed by atoms with van der Waals surface area (Å²) in [5.41, 5.74) is 4.09. The largest absolute Gasteiger partial charge is 3.00 e. The van der Waals surface area contributed by atoms with Gasteiger partial charge in [-0.3, -0.25) is 13.8 Å². The van der Waals surface area contributed by atoms with Gasteiger partial charge in [-0.05, 0) is 49.5 Å². The molecule has 0 amide bonds. The monoisotopic (exact) mass is 723 g/mol. The number of hydrogen-bond acceptors (Lipinski definition) is 5. The van der Waals surface area contributed by atoms with Crippen LogP contribution in [0.15, 0.2) is 85.3 Å². The topological polar surface area (TPSA) is 78.8 Å². The normalized spacial score (nSPS) is 9.75. The number of aryl methyl sites for hydroxylation is 2. The molecule has 0 unspecified atom stereocenters. The molecule has 0 aliphatic rings. The molecule has 0 aliphatic carbocycles. The molecule has 3 aromatic heterocycles. The standard InChI is InChI=1S/2C12H8F2N.C6H5NO2.Ir/c2*1-8-4-5-15-12(6-8)9-2-3-10(13)11(14)7-9;8-6(9)5-3-1-2-4-7-5;/h2*3-7H,1H3;1-4H,(H,8,9);/q2*-1;;+3/p-1. The van der Waals surface area contributed by atoms with Gasteiger partial charge in [0.1, 0.15) is 0 Å². The van der Waals surface area contributed by atoms with Crippen LogP contribution < -0.4 is 5.11 Å². The van der Waals surface area contributed by atoms with E-state index in [0.717, 1.165) is 35.4 Å². The maximum Gasteiger partial charge on any atom is 3.00 e. The van der Waals surface area contributed by atoms with E-state index < -0.39 is 29.2 Å². The van der Waals surface area contributed by atoms with Crippen molar-refractivity contribution in [2.45, 2.75) is 13.8 Å². The summed E-state index contributed by atoms with van der Waals surface area (Å²) in [6.45, 7) is 3.82. The number of rotatable bonds is 3. The van der Waals surface area contributed by atoms with Crippen molar-refractivity contribution in [1.29, 1.82) is 0 Å². The fourth-order valence-electron chi connectivity index (χ4n) is 3.04. The van der Waals surface area contributed by atoms with E-state index in [1.54, 1.807) is 36.7 Å². The molecule has 5 rings (SSSR count). The van der Waals surface area contributed by atoms with Crippen LogP contribution in [0, 0.1) is 49.2 Å². The number of halogens is 4. The summed E-state index contributed by atoms with van der Waals surface area (Å²) in [4.78, 5) is 21.7. The minimum atomic E-state index is -1.24. The number of aromatic nitrogens is 3.